The average molecular weight is 771 g/mol. The Labute approximate surface area is 305 Å². The molecule has 0 aliphatic carbocycles. The number of methoxy groups -OCH3 is 1. The predicted octanol–water partition coefficient (Wildman–Crippen LogP) is -2.53. The molecule has 1 aromatic heterocycles. The van der Waals surface area contributed by atoms with E-state index in [1.165, 1.54) is 33.1 Å². The van der Waals surface area contributed by atoms with Crippen LogP contribution in [-0.2, 0) is 23.7 Å². The molecule has 0 saturated carbocycles. The minimum atomic E-state index is -2.01. The van der Waals surface area contributed by atoms with E-state index < -0.39 is 127 Å². The molecule has 3 aromatic rings. The van der Waals surface area contributed by atoms with Crippen LogP contribution >= 0.6 is 0 Å². The van der Waals surface area contributed by atoms with E-state index in [4.69, 9.17) is 37.6 Å². The molecular formula is C34H42O20. The Kier molecular flexibility index (Phi) is 11.6. The Morgan fingerprint density at radius 3 is 2.00 bits per heavy atom. The van der Waals surface area contributed by atoms with Crippen molar-refractivity contribution in [2.45, 2.75) is 106 Å². The number of phenols is 3. The Bertz CT molecular complexity index is 1850. The third-order valence-corrected chi connectivity index (χ3v) is 9.59. The van der Waals surface area contributed by atoms with E-state index >= 15 is 0 Å². The first-order valence-corrected chi connectivity index (χ1v) is 16.8. The number of phenolic OH excluding ortho intramolecular Hbond substituents is 3. The average Bonchev–Trinajstić information content (AvgIpc) is 3.14. The van der Waals surface area contributed by atoms with Gasteiger partial charge in [0.2, 0.25) is 17.5 Å². The second-order valence-corrected chi connectivity index (χ2v) is 13.3. The van der Waals surface area contributed by atoms with E-state index in [0.717, 1.165) is 18.2 Å². The lowest BCUT2D eigenvalue weighted by Gasteiger charge is -2.46. The molecular weight excluding hydrogens is 728 g/mol. The Morgan fingerprint density at radius 1 is 0.667 bits per heavy atom. The predicted molar refractivity (Wildman–Crippen MR) is 176 cm³/mol. The van der Waals surface area contributed by atoms with Gasteiger partial charge in [0.05, 0.1) is 25.9 Å². The summed E-state index contributed by atoms with van der Waals surface area (Å²) in [4.78, 5) is 13.9. The van der Waals surface area contributed by atoms with Crippen molar-refractivity contribution in [3.05, 3.63) is 40.6 Å². The van der Waals surface area contributed by atoms with Crippen LogP contribution in [0.5, 0.6) is 28.7 Å². The third-order valence-electron chi connectivity index (χ3n) is 9.59. The van der Waals surface area contributed by atoms with E-state index in [1.807, 2.05) is 0 Å². The number of aliphatic hydroxyl groups excluding tert-OH is 8. The summed E-state index contributed by atoms with van der Waals surface area (Å²) >= 11 is 0. The number of fused-ring (bicyclic) bond motifs is 1. The molecule has 20 heteroatoms. The molecule has 20 nitrogen and oxygen atoms in total. The smallest absolute Gasteiger partial charge is 0.239 e. The number of rotatable bonds is 9. The first-order chi connectivity index (χ1) is 25.5. The molecule has 0 unspecified atom stereocenters. The van der Waals surface area contributed by atoms with Crippen LogP contribution in [-0.4, -0.2) is 162 Å². The second kappa shape index (κ2) is 15.7. The largest absolute Gasteiger partial charge is 0.507 e. The molecule has 0 amide bonds. The number of hydrogen-bond acceptors (Lipinski definition) is 20. The van der Waals surface area contributed by atoms with Gasteiger partial charge >= 0.3 is 0 Å². The van der Waals surface area contributed by atoms with Crippen LogP contribution in [0.3, 0.4) is 0 Å². The molecule has 11 N–H and O–H groups in total. The zero-order valence-electron chi connectivity index (χ0n) is 28.8. The molecule has 54 heavy (non-hydrogen) atoms. The molecule has 3 fully saturated rings. The highest BCUT2D eigenvalue weighted by molar-refractivity contribution is 5.88. The summed E-state index contributed by atoms with van der Waals surface area (Å²) < 4.78 is 44.9. The molecule has 2 aromatic carbocycles. The Hall–Kier alpha value is -3.87. The SMILES string of the molecule is COc1cc(O)c2c(=O)c(O[C@@H]3O[C@H](CO[C@@H]4O[C@@H](C)[C@H](O)[C@H](O[C@@H]5O[C@H](C)[C@H](O)[C@H](O)[C@H]5O)[C@H]4O)[C@@H](O)[C@H](O)[C@H]3O)c(-c3ccc(O)c(O)c3)oc2c1. The monoisotopic (exact) mass is 770 g/mol. The number of ether oxygens (including phenoxy) is 7. The van der Waals surface area contributed by atoms with Crippen molar-refractivity contribution in [3.63, 3.8) is 0 Å². The highest BCUT2D eigenvalue weighted by Gasteiger charge is 2.51. The third kappa shape index (κ3) is 7.41. The molecule has 298 valence electrons. The number of benzene rings is 2. The minimum Gasteiger partial charge on any atom is -0.507 e. The fraction of sp³-hybridized carbons (Fsp3) is 0.559. The maximum atomic E-state index is 13.9. The van der Waals surface area contributed by atoms with E-state index in [0.29, 0.717) is 0 Å². The molecule has 3 saturated heterocycles. The summed E-state index contributed by atoms with van der Waals surface area (Å²) in [5.41, 5.74) is -1.20. The summed E-state index contributed by atoms with van der Waals surface area (Å²) in [5.74, 6) is -2.63. The summed E-state index contributed by atoms with van der Waals surface area (Å²) in [5, 5.41) is 115. The zero-order chi connectivity index (χ0) is 39.3. The minimum absolute atomic E-state index is 0.0184. The topological polar surface area (TPSA) is 317 Å². The molecule has 0 bridgehead atoms. The zero-order valence-corrected chi connectivity index (χ0v) is 28.8. The lowest BCUT2D eigenvalue weighted by atomic mass is 9.97. The van der Waals surface area contributed by atoms with Gasteiger partial charge in [0.15, 0.2) is 29.8 Å². The van der Waals surface area contributed by atoms with Crippen LogP contribution in [0.25, 0.3) is 22.3 Å². The van der Waals surface area contributed by atoms with Gasteiger partial charge in [0, 0.05) is 17.7 Å². The van der Waals surface area contributed by atoms with Crippen LogP contribution in [0.2, 0.25) is 0 Å². The molecule has 3 aliphatic heterocycles. The van der Waals surface area contributed by atoms with Crippen LogP contribution < -0.4 is 14.9 Å². The highest BCUT2D eigenvalue weighted by Crippen LogP contribution is 2.40. The van der Waals surface area contributed by atoms with Gasteiger partial charge in [-0.05, 0) is 32.0 Å². The van der Waals surface area contributed by atoms with Crippen molar-refractivity contribution in [2.24, 2.45) is 0 Å². The van der Waals surface area contributed by atoms with Gasteiger partial charge in [0.1, 0.15) is 83.5 Å². The van der Waals surface area contributed by atoms with Crippen molar-refractivity contribution in [1.82, 2.24) is 0 Å². The van der Waals surface area contributed by atoms with Crippen LogP contribution in [0.15, 0.2) is 39.5 Å². The van der Waals surface area contributed by atoms with Gasteiger partial charge in [-0.3, -0.25) is 4.79 Å². The van der Waals surface area contributed by atoms with Crippen molar-refractivity contribution in [2.75, 3.05) is 13.7 Å². The maximum absolute atomic E-state index is 13.9. The first-order valence-electron chi connectivity index (χ1n) is 16.8. The van der Waals surface area contributed by atoms with Gasteiger partial charge in [-0.25, -0.2) is 0 Å². The standard InChI is InChI=1S/C34H42O20/c1-10-20(38)24(42)26(44)33(50-10)53-30-21(39)11(2)49-32(28(30)46)48-9-18-22(40)25(43)27(45)34(52-18)54-31-23(41)19-16(37)7-13(47-3)8-17(19)51-29(31)12-4-5-14(35)15(36)6-12/h4-8,10-11,18,20-22,24-28,30,32-40,42-46H,9H2,1-3H3/t10-,11+,18-,20+,21+,22-,24+,25+,26-,27-,28-,30+,32-,33+,34+/m1/s1. The van der Waals surface area contributed by atoms with Gasteiger partial charge in [-0.1, -0.05) is 0 Å². The van der Waals surface area contributed by atoms with Crippen LogP contribution in [0.4, 0.5) is 0 Å². The normalized spacial score (nSPS) is 37.3. The van der Waals surface area contributed by atoms with E-state index in [1.54, 1.807) is 0 Å². The van der Waals surface area contributed by atoms with Gasteiger partial charge < -0.3 is 93.7 Å². The van der Waals surface area contributed by atoms with Crippen molar-refractivity contribution in [3.8, 4) is 40.1 Å². The Balaban J connectivity index is 1.24. The Morgan fingerprint density at radius 2 is 1.31 bits per heavy atom. The van der Waals surface area contributed by atoms with Crippen LogP contribution in [0, 0.1) is 0 Å². The van der Waals surface area contributed by atoms with E-state index in [-0.39, 0.29) is 28.0 Å². The molecule has 6 rings (SSSR count). The fourth-order valence-electron chi connectivity index (χ4n) is 6.37. The van der Waals surface area contributed by atoms with Crippen molar-refractivity contribution in [1.29, 1.82) is 0 Å². The van der Waals surface area contributed by atoms with Gasteiger partial charge in [0.25, 0.3) is 0 Å². The highest BCUT2D eigenvalue weighted by atomic mass is 16.7. The van der Waals surface area contributed by atoms with Gasteiger partial charge in [-0.15, -0.1) is 0 Å². The molecule has 0 radical (unpaired) electrons. The van der Waals surface area contributed by atoms with E-state index in [9.17, 15) is 61.0 Å². The molecule has 0 spiro atoms. The second-order valence-electron chi connectivity index (χ2n) is 13.3. The molecule has 4 heterocycles. The van der Waals surface area contributed by atoms with Crippen molar-refractivity contribution >= 4 is 11.0 Å². The number of hydrogen-bond donors (Lipinski definition) is 11. The maximum Gasteiger partial charge on any atom is 0.239 e. The first kappa shape index (κ1) is 39.8. The van der Waals surface area contributed by atoms with Crippen LogP contribution in [0.1, 0.15) is 13.8 Å². The lowest BCUT2D eigenvalue weighted by molar-refractivity contribution is -0.358. The quantitative estimate of drug-likeness (QED) is 0.0999. The fourth-order valence-corrected chi connectivity index (χ4v) is 6.37. The van der Waals surface area contributed by atoms with E-state index in [2.05, 4.69) is 0 Å². The summed E-state index contributed by atoms with van der Waals surface area (Å²) in [6.45, 7) is 2.14. The number of aromatic hydroxyl groups is 3. The van der Waals surface area contributed by atoms with Gasteiger partial charge in [-0.2, -0.15) is 0 Å². The summed E-state index contributed by atoms with van der Waals surface area (Å²) in [6, 6.07) is 5.81. The molecule has 15 atom stereocenters. The lowest BCUT2D eigenvalue weighted by Crippen LogP contribution is -2.64. The molecule has 3 aliphatic rings. The summed E-state index contributed by atoms with van der Waals surface area (Å²) in [7, 11) is 1.31. The van der Waals surface area contributed by atoms with Crippen molar-refractivity contribution < 1.29 is 93.7 Å². The number of aliphatic hydroxyl groups is 8. The summed E-state index contributed by atoms with van der Waals surface area (Å²) in [6.07, 6.45) is -24.3.